The molecule has 0 atom stereocenters. The smallest absolute Gasteiger partial charge is 0.166 e. The molecule has 0 bridgehead atoms. The minimum atomic E-state index is -0.324. The summed E-state index contributed by atoms with van der Waals surface area (Å²) in [5.41, 5.74) is 2.42. The van der Waals surface area contributed by atoms with Crippen LogP contribution in [0.1, 0.15) is 28.9 Å². The molecule has 3 aromatic rings. The number of hydrogen-bond acceptors (Lipinski definition) is 5. The fourth-order valence-corrected chi connectivity index (χ4v) is 3.56. The molecule has 6 heteroatoms. The van der Waals surface area contributed by atoms with Crippen molar-refractivity contribution in [2.75, 3.05) is 18.0 Å². The number of ketones is 1. The third-order valence-electron chi connectivity index (χ3n) is 5.10. The van der Waals surface area contributed by atoms with Crippen LogP contribution < -0.4 is 4.90 Å². The van der Waals surface area contributed by atoms with E-state index in [0.29, 0.717) is 11.4 Å². The van der Waals surface area contributed by atoms with Gasteiger partial charge in [-0.1, -0.05) is 0 Å². The largest absolute Gasteiger partial charge is 0.356 e. The number of anilines is 1. The molecule has 0 saturated carbocycles. The Morgan fingerprint density at radius 3 is 2.39 bits per heavy atom. The summed E-state index contributed by atoms with van der Waals surface area (Å²) in [6.45, 7) is 3.47. The topological polar surface area (TPSA) is 59.0 Å². The SMILES string of the molecule is Cc1cc(N2CCC(C(=O)c3ccc(F)cc3)CC2)nc(-c2ccncc2)n1. The van der Waals surface area contributed by atoms with E-state index in [4.69, 9.17) is 4.98 Å². The van der Waals surface area contributed by atoms with Crippen LogP contribution in [0.25, 0.3) is 11.4 Å². The average Bonchev–Trinajstić information content (AvgIpc) is 2.74. The van der Waals surface area contributed by atoms with Gasteiger partial charge in [0.05, 0.1) is 0 Å². The molecule has 1 aromatic carbocycles. The first-order valence-electron chi connectivity index (χ1n) is 9.41. The molecule has 1 aliphatic heterocycles. The van der Waals surface area contributed by atoms with E-state index in [9.17, 15) is 9.18 Å². The van der Waals surface area contributed by atoms with Crippen molar-refractivity contribution in [1.29, 1.82) is 0 Å². The van der Waals surface area contributed by atoms with Gasteiger partial charge in [0, 0.05) is 54.3 Å². The summed E-state index contributed by atoms with van der Waals surface area (Å²) in [5.74, 6) is 1.30. The van der Waals surface area contributed by atoms with Crippen molar-refractivity contribution < 1.29 is 9.18 Å². The molecule has 0 N–H and O–H groups in total. The van der Waals surface area contributed by atoms with E-state index in [1.807, 2.05) is 25.1 Å². The Labute approximate surface area is 163 Å². The van der Waals surface area contributed by atoms with E-state index in [-0.39, 0.29) is 17.5 Å². The number of pyridine rings is 1. The molecule has 2 aromatic heterocycles. The van der Waals surface area contributed by atoms with Gasteiger partial charge in [0.25, 0.3) is 0 Å². The molecule has 142 valence electrons. The number of piperidine rings is 1. The number of hydrogen-bond donors (Lipinski definition) is 0. The fraction of sp³-hybridized carbons (Fsp3) is 0.273. The van der Waals surface area contributed by atoms with E-state index in [1.54, 1.807) is 24.5 Å². The number of nitrogens with zero attached hydrogens (tertiary/aromatic N) is 4. The summed E-state index contributed by atoms with van der Waals surface area (Å²) < 4.78 is 13.1. The first-order valence-corrected chi connectivity index (χ1v) is 9.41. The highest BCUT2D eigenvalue weighted by Gasteiger charge is 2.26. The summed E-state index contributed by atoms with van der Waals surface area (Å²) in [4.78, 5) is 28.2. The molecule has 0 amide bonds. The van der Waals surface area contributed by atoms with Crippen molar-refractivity contribution in [2.45, 2.75) is 19.8 Å². The van der Waals surface area contributed by atoms with Crippen LogP contribution in [0.2, 0.25) is 0 Å². The molecular formula is C22H21FN4O. The van der Waals surface area contributed by atoms with E-state index in [0.717, 1.165) is 43.0 Å². The Bertz CT molecular complexity index is 968. The lowest BCUT2D eigenvalue weighted by Gasteiger charge is -2.32. The minimum absolute atomic E-state index is 0.0377. The molecule has 0 aliphatic carbocycles. The zero-order valence-corrected chi connectivity index (χ0v) is 15.7. The van der Waals surface area contributed by atoms with Gasteiger partial charge < -0.3 is 4.90 Å². The minimum Gasteiger partial charge on any atom is -0.356 e. The molecular weight excluding hydrogens is 355 g/mol. The monoisotopic (exact) mass is 376 g/mol. The van der Waals surface area contributed by atoms with Crippen molar-refractivity contribution in [3.8, 4) is 11.4 Å². The van der Waals surface area contributed by atoms with Crippen LogP contribution in [0, 0.1) is 18.7 Å². The Kier molecular flexibility index (Phi) is 5.10. The van der Waals surface area contributed by atoms with Crippen molar-refractivity contribution in [3.63, 3.8) is 0 Å². The van der Waals surface area contributed by atoms with Gasteiger partial charge in [0.15, 0.2) is 11.6 Å². The number of aryl methyl sites for hydroxylation is 1. The number of halogens is 1. The average molecular weight is 376 g/mol. The lowest BCUT2D eigenvalue weighted by Crippen LogP contribution is -2.37. The summed E-state index contributed by atoms with van der Waals surface area (Å²) in [6, 6.07) is 11.6. The van der Waals surface area contributed by atoms with Crippen LogP contribution in [0.5, 0.6) is 0 Å². The summed E-state index contributed by atoms with van der Waals surface area (Å²) >= 11 is 0. The molecule has 3 heterocycles. The molecule has 4 rings (SSSR count). The second-order valence-corrected chi connectivity index (χ2v) is 7.06. The van der Waals surface area contributed by atoms with Gasteiger partial charge in [-0.2, -0.15) is 0 Å². The lowest BCUT2D eigenvalue weighted by molar-refractivity contribution is 0.0900. The lowest BCUT2D eigenvalue weighted by atomic mass is 9.89. The van der Waals surface area contributed by atoms with Gasteiger partial charge in [0.1, 0.15) is 11.6 Å². The number of benzene rings is 1. The number of carbonyl (C=O) groups is 1. The quantitative estimate of drug-likeness (QED) is 0.642. The van der Waals surface area contributed by atoms with E-state index >= 15 is 0 Å². The molecule has 5 nitrogen and oxygen atoms in total. The molecule has 0 spiro atoms. The van der Waals surface area contributed by atoms with Gasteiger partial charge in [-0.15, -0.1) is 0 Å². The zero-order valence-electron chi connectivity index (χ0n) is 15.7. The van der Waals surface area contributed by atoms with Gasteiger partial charge in [0.2, 0.25) is 0 Å². The normalized spacial score (nSPS) is 14.9. The maximum absolute atomic E-state index is 13.1. The number of rotatable bonds is 4. The van der Waals surface area contributed by atoms with Crippen LogP contribution in [-0.2, 0) is 0 Å². The van der Waals surface area contributed by atoms with Crippen LogP contribution >= 0.6 is 0 Å². The summed E-state index contributed by atoms with van der Waals surface area (Å²) in [6.07, 6.45) is 4.97. The highest BCUT2D eigenvalue weighted by molar-refractivity contribution is 5.98. The molecule has 1 saturated heterocycles. The Hall–Kier alpha value is -3.15. The highest BCUT2D eigenvalue weighted by Crippen LogP contribution is 2.26. The number of Topliss-reactive ketones (excluding diaryl/α,β-unsaturated/α-hetero) is 1. The van der Waals surface area contributed by atoms with Crippen molar-refractivity contribution in [3.05, 3.63) is 71.9 Å². The van der Waals surface area contributed by atoms with Crippen molar-refractivity contribution in [2.24, 2.45) is 5.92 Å². The van der Waals surface area contributed by atoms with E-state index in [2.05, 4.69) is 14.9 Å². The van der Waals surface area contributed by atoms with Crippen LogP contribution in [0.15, 0.2) is 54.9 Å². The fourth-order valence-electron chi connectivity index (χ4n) is 3.56. The molecule has 0 unspecified atom stereocenters. The molecule has 28 heavy (non-hydrogen) atoms. The van der Waals surface area contributed by atoms with Gasteiger partial charge >= 0.3 is 0 Å². The maximum atomic E-state index is 13.1. The third kappa shape index (κ3) is 3.91. The van der Waals surface area contributed by atoms with Crippen LogP contribution in [0.4, 0.5) is 10.2 Å². The standard InChI is InChI=1S/C22H21FN4O/c1-15-14-20(26-22(25-15)18-6-10-24-11-7-18)27-12-8-17(9-13-27)21(28)16-2-4-19(23)5-3-16/h2-7,10-11,14,17H,8-9,12-13H2,1H3. The summed E-state index contributed by atoms with van der Waals surface area (Å²) in [5, 5.41) is 0. The second kappa shape index (κ2) is 7.84. The zero-order chi connectivity index (χ0) is 19.5. The van der Waals surface area contributed by atoms with Crippen LogP contribution in [-0.4, -0.2) is 33.8 Å². The molecule has 1 fully saturated rings. The number of aromatic nitrogens is 3. The number of carbonyl (C=O) groups excluding carboxylic acids is 1. The predicted octanol–water partition coefficient (Wildman–Crippen LogP) is 4.09. The third-order valence-corrected chi connectivity index (χ3v) is 5.10. The van der Waals surface area contributed by atoms with Crippen LogP contribution in [0.3, 0.4) is 0 Å². The predicted molar refractivity (Wildman–Crippen MR) is 106 cm³/mol. The van der Waals surface area contributed by atoms with Crippen molar-refractivity contribution in [1.82, 2.24) is 15.0 Å². The van der Waals surface area contributed by atoms with Gasteiger partial charge in [-0.05, 0) is 56.2 Å². The van der Waals surface area contributed by atoms with E-state index in [1.165, 1.54) is 12.1 Å². The van der Waals surface area contributed by atoms with Gasteiger partial charge in [-0.25, -0.2) is 14.4 Å². The second-order valence-electron chi connectivity index (χ2n) is 7.06. The van der Waals surface area contributed by atoms with Gasteiger partial charge in [-0.3, -0.25) is 9.78 Å². The highest BCUT2D eigenvalue weighted by atomic mass is 19.1. The molecule has 0 radical (unpaired) electrons. The Balaban J connectivity index is 1.47. The van der Waals surface area contributed by atoms with Crippen molar-refractivity contribution >= 4 is 11.6 Å². The first-order chi connectivity index (χ1) is 13.6. The summed E-state index contributed by atoms with van der Waals surface area (Å²) in [7, 11) is 0. The Morgan fingerprint density at radius 2 is 1.71 bits per heavy atom. The van der Waals surface area contributed by atoms with E-state index < -0.39 is 0 Å². The molecule has 1 aliphatic rings. The maximum Gasteiger partial charge on any atom is 0.166 e. The Morgan fingerprint density at radius 1 is 1.04 bits per heavy atom. The first kappa shape index (κ1) is 18.2.